The van der Waals surface area contributed by atoms with Crippen molar-refractivity contribution in [3.63, 3.8) is 0 Å². The van der Waals surface area contributed by atoms with Crippen LogP contribution in [0.4, 0.5) is 5.13 Å². The number of aryl methyl sites for hydroxylation is 1. The molecule has 1 saturated carbocycles. The van der Waals surface area contributed by atoms with E-state index in [1.165, 1.54) is 18.3 Å². The largest absolute Gasteiger partial charge is 0.476 e. The van der Waals surface area contributed by atoms with Crippen molar-refractivity contribution in [2.24, 2.45) is 5.92 Å². The molecule has 2 amide bonds. The molecule has 1 unspecified atom stereocenters. The molecule has 8 nitrogen and oxygen atoms in total. The fraction of sp³-hybridized carbons (Fsp3) is 0.421. The number of aromatic nitrogens is 2. The van der Waals surface area contributed by atoms with Gasteiger partial charge in [-0.05, 0) is 44.2 Å². The van der Waals surface area contributed by atoms with Crippen LogP contribution < -0.4 is 5.32 Å². The van der Waals surface area contributed by atoms with Gasteiger partial charge in [0.05, 0.1) is 21.8 Å². The van der Waals surface area contributed by atoms with Gasteiger partial charge in [0, 0.05) is 19.5 Å². The summed E-state index contributed by atoms with van der Waals surface area (Å²) >= 11 is 1.23. The van der Waals surface area contributed by atoms with Crippen molar-refractivity contribution in [2.45, 2.75) is 46.2 Å². The first kappa shape index (κ1) is 18.5. The van der Waals surface area contributed by atoms with Crippen LogP contribution in [0, 0.1) is 12.8 Å². The molecule has 4 rings (SSSR count). The molecule has 2 aromatic heterocycles. The summed E-state index contributed by atoms with van der Waals surface area (Å²) < 4.78 is 0. The number of hydrogen-bond acceptors (Lipinski definition) is 6. The lowest BCUT2D eigenvalue weighted by molar-refractivity contribution is -0.114. The molecule has 2 N–H and O–H groups in total. The van der Waals surface area contributed by atoms with Crippen molar-refractivity contribution in [1.29, 1.82) is 0 Å². The van der Waals surface area contributed by atoms with E-state index in [4.69, 9.17) is 0 Å². The van der Waals surface area contributed by atoms with E-state index in [2.05, 4.69) is 15.3 Å². The number of carbonyl (C=O) groups excluding carboxylic acids is 2. The zero-order valence-electron chi connectivity index (χ0n) is 15.8. The van der Waals surface area contributed by atoms with E-state index in [9.17, 15) is 19.5 Å². The number of carbonyl (C=O) groups is 3. The minimum atomic E-state index is -1.23. The SMILES string of the molecule is CC(=O)Nc1nc(C)c(-c2cc3c(c(C(=O)O)n2)C(=O)N(C(C)C2CC2)C3)s1. The molecule has 9 heteroatoms. The van der Waals surface area contributed by atoms with Gasteiger partial charge in [0.25, 0.3) is 5.91 Å². The van der Waals surface area contributed by atoms with Crippen molar-refractivity contribution >= 4 is 34.3 Å². The van der Waals surface area contributed by atoms with E-state index >= 15 is 0 Å². The summed E-state index contributed by atoms with van der Waals surface area (Å²) in [5, 5.41) is 12.7. The predicted molar refractivity (Wildman–Crippen MR) is 103 cm³/mol. The van der Waals surface area contributed by atoms with Crippen molar-refractivity contribution in [3.8, 4) is 10.6 Å². The molecule has 1 atom stereocenters. The van der Waals surface area contributed by atoms with Gasteiger partial charge in [-0.1, -0.05) is 11.3 Å². The number of carboxylic acids is 1. The van der Waals surface area contributed by atoms with Gasteiger partial charge in [-0.15, -0.1) is 0 Å². The van der Waals surface area contributed by atoms with Crippen LogP contribution in [0.3, 0.4) is 0 Å². The highest BCUT2D eigenvalue weighted by molar-refractivity contribution is 7.19. The van der Waals surface area contributed by atoms with E-state index in [-0.39, 0.29) is 29.1 Å². The van der Waals surface area contributed by atoms with E-state index in [1.807, 2.05) is 6.92 Å². The van der Waals surface area contributed by atoms with Gasteiger partial charge < -0.3 is 15.3 Å². The zero-order valence-corrected chi connectivity index (χ0v) is 16.6. The molecule has 0 radical (unpaired) electrons. The number of rotatable bonds is 5. The lowest BCUT2D eigenvalue weighted by Gasteiger charge is -2.23. The van der Waals surface area contributed by atoms with E-state index in [1.54, 1.807) is 17.9 Å². The summed E-state index contributed by atoms with van der Waals surface area (Å²) in [7, 11) is 0. The number of fused-ring (bicyclic) bond motifs is 1. The summed E-state index contributed by atoms with van der Waals surface area (Å²) in [6.07, 6.45) is 2.20. The number of thiazole rings is 1. The molecule has 0 bridgehead atoms. The van der Waals surface area contributed by atoms with Gasteiger partial charge in [0.2, 0.25) is 5.91 Å². The first-order valence-corrected chi connectivity index (χ1v) is 9.91. The maximum Gasteiger partial charge on any atom is 0.355 e. The number of nitrogens with one attached hydrogen (secondary N) is 1. The fourth-order valence-electron chi connectivity index (χ4n) is 3.63. The molecular weight excluding hydrogens is 380 g/mol. The maximum atomic E-state index is 12.9. The van der Waals surface area contributed by atoms with Crippen LogP contribution in [0.5, 0.6) is 0 Å². The van der Waals surface area contributed by atoms with Crippen LogP contribution in [0.2, 0.25) is 0 Å². The van der Waals surface area contributed by atoms with Crippen LogP contribution in [0.15, 0.2) is 6.07 Å². The highest BCUT2D eigenvalue weighted by Crippen LogP contribution is 2.40. The second-order valence-electron chi connectivity index (χ2n) is 7.32. The van der Waals surface area contributed by atoms with Crippen LogP contribution in [0.25, 0.3) is 10.6 Å². The lowest BCUT2D eigenvalue weighted by Crippen LogP contribution is -2.35. The minimum Gasteiger partial charge on any atom is -0.476 e. The van der Waals surface area contributed by atoms with Gasteiger partial charge in [0.15, 0.2) is 10.8 Å². The average Bonchev–Trinajstić information content (AvgIpc) is 3.33. The van der Waals surface area contributed by atoms with Gasteiger partial charge in [-0.3, -0.25) is 9.59 Å². The van der Waals surface area contributed by atoms with E-state index in [0.29, 0.717) is 39.4 Å². The Morgan fingerprint density at radius 3 is 2.68 bits per heavy atom. The molecule has 1 aliphatic heterocycles. The normalized spacial score (nSPS) is 16.8. The number of hydrogen-bond donors (Lipinski definition) is 2. The number of carboxylic acid groups (broad SMARTS) is 1. The molecule has 1 fully saturated rings. The van der Waals surface area contributed by atoms with Crippen molar-refractivity contribution in [2.75, 3.05) is 5.32 Å². The van der Waals surface area contributed by atoms with Crippen LogP contribution >= 0.6 is 11.3 Å². The Morgan fingerprint density at radius 2 is 2.07 bits per heavy atom. The lowest BCUT2D eigenvalue weighted by atomic mass is 10.1. The third-order valence-corrected chi connectivity index (χ3v) is 6.32. The van der Waals surface area contributed by atoms with Crippen LogP contribution in [-0.4, -0.2) is 43.8 Å². The number of pyridine rings is 1. The molecule has 0 spiro atoms. The van der Waals surface area contributed by atoms with Gasteiger partial charge >= 0.3 is 5.97 Å². The number of nitrogens with zero attached hydrogens (tertiary/aromatic N) is 3. The van der Waals surface area contributed by atoms with E-state index in [0.717, 1.165) is 12.8 Å². The van der Waals surface area contributed by atoms with E-state index < -0.39 is 5.97 Å². The molecule has 1 aliphatic carbocycles. The van der Waals surface area contributed by atoms with Crippen molar-refractivity contribution in [3.05, 3.63) is 28.6 Å². The smallest absolute Gasteiger partial charge is 0.355 e. The highest BCUT2D eigenvalue weighted by Gasteiger charge is 2.41. The third-order valence-electron chi connectivity index (χ3n) is 5.23. The maximum absolute atomic E-state index is 12.9. The zero-order chi connectivity index (χ0) is 20.2. The van der Waals surface area contributed by atoms with Gasteiger partial charge in [-0.2, -0.15) is 0 Å². The summed E-state index contributed by atoms with van der Waals surface area (Å²) in [5.41, 5.74) is 1.74. The number of aromatic carboxylic acids is 1. The second-order valence-corrected chi connectivity index (χ2v) is 8.32. The molecule has 28 heavy (non-hydrogen) atoms. The molecular formula is C19H20N4O4S. The quantitative estimate of drug-likeness (QED) is 0.798. The Hall–Kier alpha value is -2.81. The third kappa shape index (κ3) is 3.15. The van der Waals surface area contributed by atoms with Gasteiger partial charge in [-0.25, -0.2) is 14.8 Å². The molecule has 0 aromatic carbocycles. The Bertz CT molecular complexity index is 1010. The minimum absolute atomic E-state index is 0.0847. The topological polar surface area (TPSA) is 112 Å². The van der Waals surface area contributed by atoms with Crippen molar-refractivity contribution in [1.82, 2.24) is 14.9 Å². The summed E-state index contributed by atoms with van der Waals surface area (Å²) in [5.74, 6) is -1.23. The molecule has 146 valence electrons. The summed E-state index contributed by atoms with van der Waals surface area (Å²) in [4.78, 5) is 47.0. The second kappa shape index (κ2) is 6.66. The van der Waals surface area contributed by atoms with Crippen LogP contribution in [-0.2, 0) is 11.3 Å². The predicted octanol–water partition coefficient (Wildman–Crippen LogP) is 2.92. The molecule has 2 aromatic rings. The fourth-order valence-corrected chi connectivity index (χ4v) is 4.60. The number of anilines is 1. The highest BCUT2D eigenvalue weighted by atomic mass is 32.1. The first-order chi connectivity index (χ1) is 13.3. The summed E-state index contributed by atoms with van der Waals surface area (Å²) in [6.45, 7) is 5.58. The number of amides is 2. The average molecular weight is 400 g/mol. The molecule has 2 aliphatic rings. The Morgan fingerprint density at radius 1 is 1.36 bits per heavy atom. The molecule has 0 saturated heterocycles. The van der Waals surface area contributed by atoms with Gasteiger partial charge in [0.1, 0.15) is 0 Å². The summed E-state index contributed by atoms with van der Waals surface area (Å²) in [6, 6.07) is 1.86. The Balaban J connectivity index is 1.77. The Labute approximate surface area is 165 Å². The standard InChI is InChI=1S/C19H20N4O4S/c1-8-16(28-19(20-8)21-10(3)24)13-6-12-7-23(9(2)11-4-5-11)17(25)14(12)15(22-13)18(26)27/h6,9,11H,4-5,7H2,1-3H3,(H,26,27)(H,20,21,24). The Kier molecular flexibility index (Phi) is 4.41. The van der Waals surface area contributed by atoms with Crippen molar-refractivity contribution < 1.29 is 19.5 Å². The monoisotopic (exact) mass is 400 g/mol. The molecule has 3 heterocycles. The first-order valence-electron chi connectivity index (χ1n) is 9.09. The van der Waals surface area contributed by atoms with Crippen LogP contribution in [0.1, 0.15) is 58.8 Å².